The molecular weight excluding hydrogens is 264 g/mol. The molecule has 0 aromatic carbocycles. The van der Waals surface area contributed by atoms with E-state index in [2.05, 4.69) is 13.8 Å². The Bertz CT molecular complexity index is 332. The van der Waals surface area contributed by atoms with Crippen LogP contribution in [0.25, 0.3) is 0 Å². The number of nitrogens with zero attached hydrogens (tertiary/aromatic N) is 1. The Morgan fingerprint density at radius 2 is 1.90 bits per heavy atom. The smallest absolute Gasteiger partial charge is 0.225 e. The Morgan fingerprint density at radius 3 is 2.43 bits per heavy atom. The monoisotopic (exact) mass is 296 g/mol. The molecule has 4 heteroatoms. The van der Waals surface area contributed by atoms with Gasteiger partial charge in [-0.2, -0.15) is 0 Å². The molecule has 0 radical (unpaired) electrons. The molecule has 4 nitrogen and oxygen atoms in total. The third kappa shape index (κ3) is 4.19. The second-order valence-corrected chi connectivity index (χ2v) is 7.37. The predicted octanol–water partition coefficient (Wildman–Crippen LogP) is 2.27. The third-order valence-electron chi connectivity index (χ3n) is 5.22. The minimum atomic E-state index is 0.190. The topological polar surface area (TPSA) is 55.6 Å². The Morgan fingerprint density at radius 1 is 1.29 bits per heavy atom. The van der Waals surface area contributed by atoms with Crippen molar-refractivity contribution in [2.75, 3.05) is 26.8 Å². The molecule has 21 heavy (non-hydrogen) atoms. The van der Waals surface area contributed by atoms with E-state index in [1.807, 2.05) is 4.90 Å². The molecule has 0 heterocycles. The number of methoxy groups -OCH3 is 1. The van der Waals surface area contributed by atoms with Crippen molar-refractivity contribution in [3.05, 3.63) is 0 Å². The zero-order chi connectivity index (χ0) is 15.4. The van der Waals surface area contributed by atoms with Crippen molar-refractivity contribution in [3.63, 3.8) is 0 Å². The van der Waals surface area contributed by atoms with Crippen molar-refractivity contribution in [3.8, 4) is 0 Å². The molecule has 2 unspecified atom stereocenters. The molecule has 0 spiro atoms. The fraction of sp³-hybridized carbons (Fsp3) is 0.941. The average Bonchev–Trinajstić information content (AvgIpc) is 2.42. The number of nitrogens with two attached hydrogens (primary N) is 1. The van der Waals surface area contributed by atoms with Gasteiger partial charge in [0.1, 0.15) is 0 Å². The van der Waals surface area contributed by atoms with Crippen LogP contribution in [0.4, 0.5) is 0 Å². The molecule has 0 saturated heterocycles. The molecule has 2 aliphatic rings. The van der Waals surface area contributed by atoms with Gasteiger partial charge in [-0.1, -0.05) is 20.3 Å². The first-order chi connectivity index (χ1) is 10.0. The number of hydrogen-bond acceptors (Lipinski definition) is 3. The van der Waals surface area contributed by atoms with Crippen LogP contribution < -0.4 is 5.73 Å². The molecular formula is C17H32N2O2. The van der Waals surface area contributed by atoms with Gasteiger partial charge in [0.2, 0.25) is 5.91 Å². The lowest BCUT2D eigenvalue weighted by Crippen LogP contribution is -2.50. The summed E-state index contributed by atoms with van der Waals surface area (Å²) in [5.74, 6) is 2.15. The van der Waals surface area contributed by atoms with Crippen LogP contribution in [0.5, 0.6) is 0 Å². The molecule has 2 fully saturated rings. The highest BCUT2D eigenvalue weighted by Gasteiger charge is 2.41. The second-order valence-electron chi connectivity index (χ2n) is 7.37. The van der Waals surface area contributed by atoms with Gasteiger partial charge in [0.05, 0.1) is 6.61 Å². The first-order valence-electron chi connectivity index (χ1n) is 8.56. The lowest BCUT2D eigenvalue weighted by Gasteiger charge is -2.44. The van der Waals surface area contributed by atoms with Crippen molar-refractivity contribution >= 4 is 5.91 Å². The van der Waals surface area contributed by atoms with Crippen molar-refractivity contribution in [1.82, 2.24) is 4.90 Å². The average molecular weight is 296 g/mol. The highest BCUT2D eigenvalue weighted by Crippen LogP contribution is 2.42. The normalized spacial score (nSPS) is 32.2. The van der Waals surface area contributed by atoms with Crippen LogP contribution in [0, 0.1) is 23.7 Å². The number of ether oxygens (including phenoxy) is 1. The maximum atomic E-state index is 12.9. The lowest BCUT2D eigenvalue weighted by molar-refractivity contribution is -0.139. The van der Waals surface area contributed by atoms with Gasteiger partial charge in [-0.25, -0.2) is 0 Å². The van der Waals surface area contributed by atoms with Crippen LogP contribution in [-0.4, -0.2) is 43.7 Å². The van der Waals surface area contributed by atoms with E-state index in [0.29, 0.717) is 42.9 Å². The van der Waals surface area contributed by atoms with E-state index in [9.17, 15) is 4.79 Å². The van der Waals surface area contributed by atoms with Crippen LogP contribution in [-0.2, 0) is 9.53 Å². The predicted molar refractivity (Wildman–Crippen MR) is 84.8 cm³/mol. The number of carbonyl (C=O) groups excluding carboxylic acids is 1. The number of fused-ring (bicyclic) bond motifs is 2. The molecule has 2 N–H and O–H groups in total. The van der Waals surface area contributed by atoms with Gasteiger partial charge in [0.25, 0.3) is 0 Å². The van der Waals surface area contributed by atoms with Gasteiger partial charge in [-0.15, -0.1) is 0 Å². The Labute approximate surface area is 129 Å². The first kappa shape index (κ1) is 16.8. The molecule has 2 bridgehead atoms. The standard InChI is InChI=1S/C17H32N2O2/c1-12(2)11-19(7-8-21-3)17(20)15-9-13-5-4-6-14(10-15)16(13)18/h12-16H,4-11,18H2,1-3H3. The van der Waals surface area contributed by atoms with Gasteiger partial charge >= 0.3 is 0 Å². The summed E-state index contributed by atoms with van der Waals surface area (Å²) in [4.78, 5) is 14.9. The molecule has 2 atom stereocenters. The molecule has 2 rings (SSSR count). The first-order valence-corrected chi connectivity index (χ1v) is 8.56. The van der Waals surface area contributed by atoms with Crippen LogP contribution in [0.2, 0.25) is 0 Å². The van der Waals surface area contributed by atoms with E-state index < -0.39 is 0 Å². The number of carbonyl (C=O) groups is 1. The third-order valence-corrected chi connectivity index (χ3v) is 5.22. The summed E-state index contributed by atoms with van der Waals surface area (Å²) in [6, 6.07) is 0.334. The summed E-state index contributed by atoms with van der Waals surface area (Å²) in [6.07, 6.45) is 5.72. The molecule has 2 aliphatic carbocycles. The van der Waals surface area contributed by atoms with Gasteiger partial charge < -0.3 is 15.4 Å². The van der Waals surface area contributed by atoms with Gasteiger partial charge in [-0.3, -0.25) is 4.79 Å². The quantitative estimate of drug-likeness (QED) is 0.818. The zero-order valence-corrected chi connectivity index (χ0v) is 13.9. The molecule has 1 amide bonds. The Balaban J connectivity index is 1.99. The molecule has 2 saturated carbocycles. The zero-order valence-electron chi connectivity index (χ0n) is 13.9. The van der Waals surface area contributed by atoms with Crippen molar-refractivity contribution in [2.45, 2.75) is 52.0 Å². The summed E-state index contributed by atoms with van der Waals surface area (Å²) < 4.78 is 5.17. The van der Waals surface area contributed by atoms with Crippen molar-refractivity contribution in [2.24, 2.45) is 29.4 Å². The van der Waals surface area contributed by atoms with E-state index in [1.165, 1.54) is 19.3 Å². The van der Waals surface area contributed by atoms with Crippen molar-refractivity contribution in [1.29, 1.82) is 0 Å². The minimum absolute atomic E-state index is 0.190. The largest absolute Gasteiger partial charge is 0.383 e. The van der Waals surface area contributed by atoms with E-state index in [1.54, 1.807) is 7.11 Å². The van der Waals surface area contributed by atoms with Crippen molar-refractivity contribution < 1.29 is 9.53 Å². The van der Waals surface area contributed by atoms with Gasteiger partial charge in [0, 0.05) is 32.2 Å². The summed E-state index contributed by atoms with van der Waals surface area (Å²) >= 11 is 0. The number of hydrogen-bond donors (Lipinski definition) is 1. The molecule has 122 valence electrons. The number of amides is 1. The second kappa shape index (κ2) is 7.59. The van der Waals surface area contributed by atoms with Gasteiger partial charge in [0.15, 0.2) is 0 Å². The van der Waals surface area contributed by atoms with Gasteiger partial charge in [-0.05, 0) is 43.4 Å². The summed E-state index contributed by atoms with van der Waals surface area (Å²) in [7, 11) is 1.70. The molecule has 0 aromatic rings. The van der Waals surface area contributed by atoms with E-state index in [-0.39, 0.29) is 5.92 Å². The summed E-state index contributed by atoms with van der Waals surface area (Å²) in [5, 5.41) is 0. The molecule has 0 aromatic heterocycles. The highest BCUT2D eigenvalue weighted by molar-refractivity contribution is 5.79. The maximum absolute atomic E-state index is 12.9. The van der Waals surface area contributed by atoms with Crippen LogP contribution in [0.1, 0.15) is 46.0 Å². The fourth-order valence-corrected chi connectivity index (χ4v) is 4.18. The van der Waals surface area contributed by atoms with Crippen LogP contribution in [0.15, 0.2) is 0 Å². The minimum Gasteiger partial charge on any atom is -0.383 e. The fourth-order valence-electron chi connectivity index (χ4n) is 4.18. The Kier molecular flexibility index (Phi) is 6.06. The summed E-state index contributed by atoms with van der Waals surface area (Å²) in [5.41, 5.74) is 6.34. The Hall–Kier alpha value is -0.610. The van der Waals surface area contributed by atoms with E-state index in [0.717, 1.165) is 19.4 Å². The summed E-state index contributed by atoms with van der Waals surface area (Å²) in [6.45, 7) is 6.50. The van der Waals surface area contributed by atoms with Crippen LogP contribution >= 0.6 is 0 Å². The van der Waals surface area contributed by atoms with E-state index in [4.69, 9.17) is 10.5 Å². The SMILES string of the molecule is COCCN(CC(C)C)C(=O)C1CC2CCCC(C1)C2N. The maximum Gasteiger partial charge on any atom is 0.225 e. The molecule has 0 aliphatic heterocycles. The van der Waals surface area contributed by atoms with E-state index >= 15 is 0 Å². The lowest BCUT2D eigenvalue weighted by atomic mass is 9.65. The van der Waals surface area contributed by atoms with Crippen LogP contribution in [0.3, 0.4) is 0 Å². The highest BCUT2D eigenvalue weighted by atomic mass is 16.5. The number of rotatable bonds is 6.